The first-order chi connectivity index (χ1) is 8.73. The maximum Gasteiger partial charge on any atom is 0.343 e. The number of rotatable bonds is 5. The summed E-state index contributed by atoms with van der Waals surface area (Å²) < 4.78 is 6.48. The molecule has 0 fully saturated rings. The lowest BCUT2D eigenvalue weighted by Crippen LogP contribution is -2.30. The average molecular weight is 288 g/mol. The van der Waals surface area contributed by atoms with Crippen molar-refractivity contribution in [3.8, 4) is 0 Å². The van der Waals surface area contributed by atoms with Crippen molar-refractivity contribution in [2.45, 2.75) is 40.3 Å². The van der Waals surface area contributed by atoms with Crippen LogP contribution in [-0.4, -0.2) is 27.8 Å². The number of hydrogen-bond donors (Lipinski definition) is 1. The van der Waals surface area contributed by atoms with Gasteiger partial charge in [0.2, 0.25) is 0 Å². The number of nitrogens with two attached hydrogens (primary N) is 1. The molecule has 0 aliphatic heterocycles. The van der Waals surface area contributed by atoms with Gasteiger partial charge >= 0.3 is 5.97 Å². The number of nitrogens with zero attached hydrogens (tertiary/aromatic N) is 2. The molecule has 0 radical (unpaired) electrons. The topological polar surface area (TPSA) is 87.2 Å². The maximum absolute atomic E-state index is 11.9. The maximum atomic E-state index is 11.9. The van der Waals surface area contributed by atoms with E-state index in [2.05, 4.69) is 5.10 Å². The highest BCUT2D eigenvalue weighted by Crippen LogP contribution is 2.22. The number of amides is 1. The molecule has 0 saturated carbocycles. The van der Waals surface area contributed by atoms with E-state index in [4.69, 9.17) is 22.1 Å². The fourth-order valence-corrected chi connectivity index (χ4v) is 1.85. The summed E-state index contributed by atoms with van der Waals surface area (Å²) in [4.78, 5) is 22.8. The summed E-state index contributed by atoms with van der Waals surface area (Å²) in [6.07, 6.45) is -1.00. The van der Waals surface area contributed by atoms with Gasteiger partial charge in [-0.1, -0.05) is 25.4 Å². The fourth-order valence-electron chi connectivity index (χ4n) is 1.53. The molecule has 0 aliphatic rings. The minimum atomic E-state index is -1.00. The Morgan fingerprint density at radius 1 is 1.42 bits per heavy atom. The first kappa shape index (κ1) is 15.5. The van der Waals surface area contributed by atoms with Crippen LogP contribution in [0, 0.1) is 12.8 Å². The van der Waals surface area contributed by atoms with E-state index in [1.54, 1.807) is 11.6 Å². The van der Waals surface area contributed by atoms with Gasteiger partial charge in [0.25, 0.3) is 5.91 Å². The molecule has 1 heterocycles. The van der Waals surface area contributed by atoms with E-state index in [0.717, 1.165) is 0 Å². The fraction of sp³-hybridized carbons (Fsp3) is 0.583. The zero-order valence-corrected chi connectivity index (χ0v) is 12.2. The molecule has 1 amide bonds. The Labute approximate surface area is 116 Å². The van der Waals surface area contributed by atoms with Crippen LogP contribution in [-0.2, 0) is 16.1 Å². The normalized spacial score (nSPS) is 12.5. The second kappa shape index (κ2) is 6.06. The zero-order valence-electron chi connectivity index (χ0n) is 11.4. The third kappa shape index (κ3) is 3.70. The van der Waals surface area contributed by atoms with Gasteiger partial charge in [0.15, 0.2) is 6.10 Å². The van der Waals surface area contributed by atoms with Gasteiger partial charge in [0, 0.05) is 6.54 Å². The molecule has 0 saturated heterocycles. The van der Waals surface area contributed by atoms with Crippen molar-refractivity contribution in [1.29, 1.82) is 0 Å². The van der Waals surface area contributed by atoms with Gasteiger partial charge in [-0.15, -0.1) is 0 Å². The summed E-state index contributed by atoms with van der Waals surface area (Å²) in [5, 5.41) is 4.41. The Kier molecular flexibility index (Phi) is 4.94. The summed E-state index contributed by atoms with van der Waals surface area (Å²) in [6, 6.07) is 0. The second-order valence-electron chi connectivity index (χ2n) is 4.78. The Hall–Kier alpha value is -1.56. The van der Waals surface area contributed by atoms with Crippen LogP contribution in [0.25, 0.3) is 0 Å². The zero-order chi connectivity index (χ0) is 14.7. The average Bonchev–Trinajstić information content (AvgIpc) is 2.52. The summed E-state index contributed by atoms with van der Waals surface area (Å²) >= 11 is 6.12. The minimum Gasteiger partial charge on any atom is -0.449 e. The number of aromatic nitrogens is 2. The van der Waals surface area contributed by atoms with Crippen LogP contribution >= 0.6 is 11.6 Å². The smallest absolute Gasteiger partial charge is 0.343 e. The van der Waals surface area contributed by atoms with Crippen molar-refractivity contribution < 1.29 is 14.3 Å². The molecule has 0 spiro atoms. The van der Waals surface area contributed by atoms with E-state index in [1.807, 2.05) is 13.8 Å². The molecule has 1 aromatic rings. The lowest BCUT2D eigenvalue weighted by Gasteiger charge is -2.09. The van der Waals surface area contributed by atoms with Gasteiger partial charge in [-0.2, -0.15) is 5.10 Å². The van der Waals surface area contributed by atoms with Crippen LogP contribution < -0.4 is 5.73 Å². The molecule has 0 unspecified atom stereocenters. The van der Waals surface area contributed by atoms with Crippen molar-refractivity contribution in [3.05, 3.63) is 16.4 Å². The van der Waals surface area contributed by atoms with Crippen molar-refractivity contribution >= 4 is 23.5 Å². The minimum absolute atomic E-state index is 0.176. The van der Waals surface area contributed by atoms with E-state index in [9.17, 15) is 9.59 Å². The predicted octanol–water partition coefficient (Wildman–Crippen LogP) is 1.53. The number of carbonyl (C=O) groups is 2. The van der Waals surface area contributed by atoms with Gasteiger partial charge in [0.05, 0.1) is 5.69 Å². The molecule has 1 atom stereocenters. The molecule has 0 aromatic carbocycles. The largest absolute Gasteiger partial charge is 0.449 e. The monoisotopic (exact) mass is 287 g/mol. The Morgan fingerprint density at radius 2 is 2.00 bits per heavy atom. The van der Waals surface area contributed by atoms with Crippen LogP contribution in [0.1, 0.15) is 36.8 Å². The van der Waals surface area contributed by atoms with E-state index in [1.165, 1.54) is 6.92 Å². The molecule has 0 bridgehead atoms. The predicted molar refractivity (Wildman–Crippen MR) is 70.9 cm³/mol. The molecular formula is C12H18ClN3O3. The van der Waals surface area contributed by atoms with Crippen LogP contribution in [0.15, 0.2) is 0 Å². The number of ether oxygens (including phenoxy) is 1. The lowest BCUT2D eigenvalue weighted by atomic mass is 10.2. The third-order valence-corrected chi connectivity index (χ3v) is 2.88. The Bertz CT molecular complexity index is 497. The highest BCUT2D eigenvalue weighted by atomic mass is 35.5. The highest BCUT2D eigenvalue weighted by Gasteiger charge is 2.24. The highest BCUT2D eigenvalue weighted by molar-refractivity contribution is 6.32. The Balaban J connectivity index is 2.97. The molecule has 7 heteroatoms. The van der Waals surface area contributed by atoms with E-state index < -0.39 is 18.0 Å². The summed E-state index contributed by atoms with van der Waals surface area (Å²) in [6.45, 7) is 7.69. The molecular weight excluding hydrogens is 270 g/mol. The number of halogens is 1. The molecule has 106 valence electrons. The SMILES string of the molecule is Cc1nn(CC(C)C)c(Cl)c1C(=O)O[C@H](C)C(N)=O. The summed E-state index contributed by atoms with van der Waals surface area (Å²) in [5.74, 6) is -1.06. The van der Waals surface area contributed by atoms with Crippen molar-refractivity contribution in [2.24, 2.45) is 11.7 Å². The standard InChI is InChI=1S/C12H18ClN3O3/c1-6(2)5-16-10(13)9(7(3)15-16)12(18)19-8(4)11(14)17/h6,8H,5H2,1-4H3,(H2,14,17)/t8-/m1/s1. The third-order valence-electron chi connectivity index (χ3n) is 2.49. The van der Waals surface area contributed by atoms with Gasteiger partial charge < -0.3 is 10.5 Å². The molecule has 6 nitrogen and oxygen atoms in total. The molecule has 0 aliphatic carbocycles. The number of carbonyl (C=O) groups excluding carboxylic acids is 2. The molecule has 19 heavy (non-hydrogen) atoms. The van der Waals surface area contributed by atoms with E-state index in [0.29, 0.717) is 18.2 Å². The van der Waals surface area contributed by atoms with Gasteiger partial charge in [-0.25, -0.2) is 4.79 Å². The number of aryl methyl sites for hydroxylation is 1. The van der Waals surface area contributed by atoms with Crippen LogP contribution in [0.3, 0.4) is 0 Å². The van der Waals surface area contributed by atoms with Crippen molar-refractivity contribution in [1.82, 2.24) is 9.78 Å². The number of esters is 1. The van der Waals surface area contributed by atoms with Crippen molar-refractivity contribution in [3.63, 3.8) is 0 Å². The molecule has 1 aromatic heterocycles. The van der Waals surface area contributed by atoms with Gasteiger partial charge in [-0.05, 0) is 19.8 Å². The Morgan fingerprint density at radius 3 is 2.47 bits per heavy atom. The van der Waals surface area contributed by atoms with Crippen molar-refractivity contribution in [2.75, 3.05) is 0 Å². The number of hydrogen-bond acceptors (Lipinski definition) is 4. The van der Waals surface area contributed by atoms with Crippen LogP contribution in [0.5, 0.6) is 0 Å². The van der Waals surface area contributed by atoms with Gasteiger partial charge in [-0.3, -0.25) is 9.48 Å². The lowest BCUT2D eigenvalue weighted by molar-refractivity contribution is -0.125. The first-order valence-corrected chi connectivity index (χ1v) is 6.35. The first-order valence-electron chi connectivity index (χ1n) is 5.97. The molecule has 1 rings (SSSR count). The second-order valence-corrected chi connectivity index (χ2v) is 5.14. The van der Waals surface area contributed by atoms with Crippen LogP contribution in [0.2, 0.25) is 5.15 Å². The summed E-state index contributed by atoms with van der Waals surface area (Å²) in [5.41, 5.74) is 5.68. The quantitative estimate of drug-likeness (QED) is 0.832. The van der Waals surface area contributed by atoms with Gasteiger partial charge in [0.1, 0.15) is 10.7 Å². The van der Waals surface area contributed by atoms with E-state index in [-0.39, 0.29) is 10.7 Å². The van der Waals surface area contributed by atoms with E-state index >= 15 is 0 Å². The summed E-state index contributed by atoms with van der Waals surface area (Å²) in [7, 11) is 0. The number of primary amides is 1. The van der Waals surface area contributed by atoms with Crippen LogP contribution in [0.4, 0.5) is 0 Å². The molecule has 2 N–H and O–H groups in total.